The molecule has 0 aliphatic carbocycles. The highest BCUT2D eigenvalue weighted by Gasteiger charge is 2.51. The number of aromatic carboxylic acids is 1. The maximum atomic E-state index is 13.2. The van der Waals surface area contributed by atoms with E-state index in [9.17, 15) is 99.1 Å². The van der Waals surface area contributed by atoms with Gasteiger partial charge >= 0.3 is 58.6 Å². The first-order chi connectivity index (χ1) is 33.8. The van der Waals surface area contributed by atoms with Crippen molar-refractivity contribution < 1.29 is 129 Å². The molecule has 0 bridgehead atoms. The molecular formula is C34H53N4O29P6S+. The summed E-state index contributed by atoms with van der Waals surface area (Å²) < 4.78 is 141. The fraction of sp³-hybridized carbons (Fsp3) is 0.559. The molecule has 11 N–H and O–H groups in total. The van der Waals surface area contributed by atoms with Gasteiger partial charge in [-0.1, -0.05) is 18.9 Å². The van der Waals surface area contributed by atoms with E-state index in [1.165, 1.54) is 19.1 Å². The number of aliphatic hydroxyl groups excluding tert-OH is 1. The molecule has 0 saturated carbocycles. The summed E-state index contributed by atoms with van der Waals surface area (Å²) >= 11 is 0. The Morgan fingerprint density at radius 2 is 1.41 bits per heavy atom. The smallest absolute Gasteiger partial charge is 0.478 e. The van der Waals surface area contributed by atoms with Crippen LogP contribution in [0.2, 0.25) is 0 Å². The lowest BCUT2D eigenvalue weighted by atomic mass is 9.78. The number of amides is 1. The number of ether oxygens (including phenoxy) is 1. The summed E-state index contributed by atoms with van der Waals surface area (Å²) in [5.41, 5.74) is -1.35. The number of hydrogen-bond acceptors (Lipinski definition) is 21. The summed E-state index contributed by atoms with van der Waals surface area (Å²) in [5.74, 6) is -2.56. The Bertz CT molecular complexity index is 3070. The Morgan fingerprint density at radius 1 is 0.865 bits per heavy atom. The van der Waals surface area contributed by atoms with Crippen molar-refractivity contribution in [3.05, 3.63) is 73.6 Å². The predicted octanol–water partition coefficient (Wildman–Crippen LogP) is 3.13. The van der Waals surface area contributed by atoms with Gasteiger partial charge in [-0.2, -0.15) is 34.5 Å². The number of H-pyrrole nitrogens is 1. The normalized spacial score (nSPS) is 22.7. The third-order valence-corrected chi connectivity index (χ3v) is 20.3. The summed E-state index contributed by atoms with van der Waals surface area (Å²) in [6.07, 6.45) is 0.578. The minimum absolute atomic E-state index is 0.0299. The summed E-state index contributed by atoms with van der Waals surface area (Å²) in [6.45, 7) is 4.89. The van der Waals surface area contributed by atoms with E-state index in [1.807, 2.05) is 4.98 Å². The van der Waals surface area contributed by atoms with Gasteiger partial charge in [0, 0.05) is 48.9 Å². The summed E-state index contributed by atoms with van der Waals surface area (Å²) in [5, 5.41) is 23.0. The van der Waals surface area contributed by atoms with Crippen molar-refractivity contribution in [1.82, 2.24) is 14.9 Å². The predicted molar refractivity (Wildman–Crippen MR) is 250 cm³/mol. The van der Waals surface area contributed by atoms with Gasteiger partial charge in [-0.25, -0.2) is 37.0 Å². The number of aryl methyl sites for hydroxylation is 1. The molecule has 2 aliphatic heterocycles. The van der Waals surface area contributed by atoms with Gasteiger partial charge in [-0.3, -0.25) is 32.7 Å². The fourth-order valence-corrected chi connectivity index (χ4v) is 15.7. The standard InChI is InChI=1S/C34H52N4O29P6S/c1-5-11-27-34(3,4)29-23(32(42)43)16-22(17-24(29)37(27)13-10-15-74(57,58)59)31(41)35-12-8-6-7-9-14-60-68(45,46)63-70(49,50)65-72(53,54)67-73(55,56)66-71(51,52)64-69(47,48)61-20-26-25(39)18-28(62-26)38-19-21(2)30(40)36-33(38)44/h5,11,16-17,19,25-26,28,39H,6-10,12-15,18,20H2,1-4H3,(H9-,35,36,40,41,42,43,44,45,46,47,48,49,50,51,52,53,54,55,56,57,58,59)/p+1/b11-5+. The molecule has 9 unspecified atom stereocenters. The highest BCUT2D eigenvalue weighted by atomic mass is 32.2. The van der Waals surface area contributed by atoms with Gasteiger partial charge < -0.3 is 49.6 Å². The van der Waals surface area contributed by atoms with Crippen LogP contribution in [0.15, 0.2) is 40.1 Å². The molecule has 418 valence electrons. The Balaban J connectivity index is 1.22. The highest BCUT2D eigenvalue weighted by Crippen LogP contribution is 2.75. The summed E-state index contributed by atoms with van der Waals surface area (Å²) in [7, 11) is -41.7. The number of nitrogens with one attached hydrogen (secondary N) is 2. The number of carboxylic acids is 1. The zero-order valence-electron chi connectivity index (χ0n) is 39.1. The first kappa shape index (κ1) is 63.5. The number of aliphatic hydroxyl groups is 1. The minimum Gasteiger partial charge on any atom is -0.478 e. The number of aromatic nitrogens is 2. The molecular weight excluding hydrogens is 1150 g/mol. The number of rotatable bonds is 29. The Morgan fingerprint density at radius 3 is 1.95 bits per heavy atom. The number of fused-ring (bicyclic) bond motifs is 1. The van der Waals surface area contributed by atoms with E-state index < -0.39 is 123 Å². The van der Waals surface area contributed by atoms with E-state index in [2.05, 4.69) is 35.9 Å². The van der Waals surface area contributed by atoms with E-state index in [1.54, 1.807) is 37.5 Å². The largest absolute Gasteiger partial charge is 0.490 e. The second-order valence-corrected chi connectivity index (χ2v) is 27.4. The summed E-state index contributed by atoms with van der Waals surface area (Å²) in [6, 6.07) is 2.67. The van der Waals surface area contributed by atoms with Gasteiger partial charge in [-0.05, 0) is 46.6 Å². The number of hydrogen-bond donors (Lipinski definition) is 11. The minimum atomic E-state index is -6.55. The average molecular weight is 1200 g/mol. The van der Waals surface area contributed by atoms with Crippen LogP contribution in [0.5, 0.6) is 0 Å². The fourth-order valence-electron chi connectivity index (χ4n) is 7.32. The van der Waals surface area contributed by atoms with E-state index in [-0.39, 0.29) is 61.9 Å². The number of carboxylic acid groups (broad SMARTS) is 1. The molecule has 1 fully saturated rings. The molecule has 4 rings (SSSR count). The molecule has 0 radical (unpaired) electrons. The molecule has 0 spiro atoms. The molecule has 74 heavy (non-hydrogen) atoms. The van der Waals surface area contributed by atoms with Gasteiger partial charge in [0.05, 0.1) is 41.6 Å². The number of carbonyl (C=O) groups excluding carboxylic acids is 1. The number of aromatic amines is 1. The molecule has 1 aromatic heterocycles. The number of carbonyl (C=O) groups is 2. The van der Waals surface area contributed by atoms with Gasteiger partial charge in [0.25, 0.3) is 21.6 Å². The monoisotopic (exact) mass is 1200 g/mol. The van der Waals surface area contributed by atoms with Gasteiger partial charge in [0.2, 0.25) is 5.69 Å². The van der Waals surface area contributed by atoms with E-state index >= 15 is 0 Å². The number of benzene rings is 1. The number of phosphoric ester groups is 2. The topological polar surface area (TPSA) is 497 Å². The number of unbranched alkanes of at least 4 members (excludes halogenated alkanes) is 3. The number of nitrogens with zero attached hydrogens (tertiary/aromatic N) is 2. The molecule has 9 atom stereocenters. The Labute approximate surface area is 419 Å². The Hall–Kier alpha value is -3.06. The van der Waals surface area contributed by atoms with Gasteiger partial charge in [0.15, 0.2) is 5.71 Å². The van der Waals surface area contributed by atoms with Crippen molar-refractivity contribution in [2.75, 3.05) is 32.1 Å². The van der Waals surface area contributed by atoms with E-state index in [0.29, 0.717) is 23.4 Å². The van der Waals surface area contributed by atoms with Crippen molar-refractivity contribution in [2.45, 2.75) is 90.1 Å². The van der Waals surface area contributed by atoms with Crippen molar-refractivity contribution in [3.8, 4) is 0 Å². The lowest BCUT2D eigenvalue weighted by molar-refractivity contribution is -0.437. The third kappa shape index (κ3) is 18.6. The van der Waals surface area contributed by atoms with Crippen LogP contribution in [-0.4, -0.2) is 129 Å². The first-order valence-electron chi connectivity index (χ1n) is 21.2. The first-order valence-corrected chi connectivity index (χ1v) is 31.8. The highest BCUT2D eigenvalue weighted by molar-refractivity contribution is 7.85. The van der Waals surface area contributed by atoms with Crippen LogP contribution in [0.3, 0.4) is 0 Å². The second-order valence-electron chi connectivity index (χ2n) is 16.5. The van der Waals surface area contributed by atoms with Crippen LogP contribution in [-0.2, 0) is 78.3 Å². The molecule has 1 aromatic carbocycles. The molecule has 1 saturated heterocycles. The maximum absolute atomic E-state index is 13.2. The van der Waals surface area contributed by atoms with Crippen LogP contribution in [0.1, 0.15) is 97.4 Å². The maximum Gasteiger partial charge on any atom is 0.490 e. The van der Waals surface area contributed by atoms with E-state index in [4.69, 9.17) is 4.74 Å². The van der Waals surface area contributed by atoms with Crippen LogP contribution in [0, 0.1) is 6.92 Å². The van der Waals surface area contributed by atoms with Crippen molar-refractivity contribution in [2.24, 2.45) is 0 Å². The quantitative estimate of drug-likeness (QED) is 0.0241. The number of allylic oxidation sites excluding steroid dienone is 2. The SMILES string of the molecule is C/C=C/C1=[N+](CCCS(=O)(=O)O)c2cc(C(=O)NCCCCCCOP(=O)(O)OP(=O)(O)OP(=O)(O)OP(=O)(O)OP(=O)(O)OP(=O)(O)OCC3OC(n4cc(C)c(=O)[nH]c4=O)CC3O)cc(C(=O)O)c2C1(C)C. The van der Waals surface area contributed by atoms with Crippen molar-refractivity contribution in [1.29, 1.82) is 0 Å². The molecule has 40 heteroatoms. The van der Waals surface area contributed by atoms with Crippen molar-refractivity contribution in [3.63, 3.8) is 0 Å². The second kappa shape index (κ2) is 24.7. The van der Waals surface area contributed by atoms with Crippen LogP contribution >= 0.6 is 46.9 Å². The van der Waals surface area contributed by atoms with Gasteiger partial charge in [0.1, 0.15) is 18.9 Å². The van der Waals surface area contributed by atoms with Gasteiger partial charge in [-0.15, -0.1) is 0 Å². The van der Waals surface area contributed by atoms with Crippen LogP contribution < -0.4 is 16.6 Å². The zero-order chi connectivity index (χ0) is 56.0. The lowest BCUT2D eigenvalue weighted by Gasteiger charge is -2.21. The Kier molecular flexibility index (Phi) is 21.2. The zero-order valence-corrected chi connectivity index (χ0v) is 45.3. The molecule has 2 aromatic rings. The molecule has 33 nitrogen and oxygen atoms in total. The number of phosphoric acid groups is 6. The molecule has 1 amide bonds. The molecule has 3 heterocycles. The van der Waals surface area contributed by atoms with E-state index in [0.717, 1.165) is 10.8 Å². The third-order valence-electron chi connectivity index (χ3n) is 10.3. The summed E-state index contributed by atoms with van der Waals surface area (Å²) in [4.78, 5) is 110. The van der Waals surface area contributed by atoms with Crippen molar-refractivity contribution >= 4 is 80.3 Å². The van der Waals surface area contributed by atoms with Crippen LogP contribution in [0.4, 0.5) is 5.69 Å². The molecule has 2 aliphatic rings. The lowest BCUT2D eigenvalue weighted by Crippen LogP contribution is -2.33. The average Bonchev–Trinajstić information content (AvgIpc) is 3.68. The van der Waals surface area contributed by atoms with Crippen LogP contribution in [0.25, 0.3) is 0 Å².